The number of fused-ring (bicyclic) bond motifs is 3. The Morgan fingerprint density at radius 1 is 0.929 bits per heavy atom. The number of sulfonamides is 1. The van der Waals surface area contributed by atoms with Gasteiger partial charge in [0, 0.05) is 30.1 Å². The van der Waals surface area contributed by atoms with Crippen molar-refractivity contribution in [2.24, 2.45) is 5.92 Å². The van der Waals surface area contributed by atoms with Gasteiger partial charge in [0.25, 0.3) is 10.0 Å². The Hall–Kier alpha value is -3.57. The van der Waals surface area contributed by atoms with Gasteiger partial charge in [-0.25, -0.2) is 21.6 Å². The third-order valence-electron chi connectivity index (χ3n) is 7.89. The Morgan fingerprint density at radius 3 is 2.21 bits per heavy atom. The van der Waals surface area contributed by atoms with Crippen molar-refractivity contribution < 1.29 is 26.4 Å². The van der Waals surface area contributed by atoms with Crippen molar-refractivity contribution in [1.82, 2.24) is 4.90 Å². The first-order chi connectivity index (χ1) is 19.5. The Labute approximate surface area is 248 Å². The second-order valence-electron chi connectivity index (χ2n) is 12.2. The van der Waals surface area contributed by atoms with Gasteiger partial charge in [0.1, 0.15) is 5.60 Å². The molecule has 0 radical (unpaired) electrons. The zero-order valence-corrected chi connectivity index (χ0v) is 26.3. The van der Waals surface area contributed by atoms with Gasteiger partial charge in [-0.1, -0.05) is 18.2 Å². The third-order valence-corrected chi connectivity index (χ3v) is 10.4. The van der Waals surface area contributed by atoms with Crippen LogP contribution in [0.3, 0.4) is 0 Å². The lowest BCUT2D eigenvalue weighted by molar-refractivity contribution is 0.0198. The summed E-state index contributed by atoms with van der Waals surface area (Å²) in [5.41, 5.74) is 4.08. The number of benzene rings is 3. The molecule has 0 saturated carbocycles. The molecule has 3 unspecified atom stereocenters. The standard InChI is InChI=1S/C31H37N3O6S2/c1-19-7-10-22(17-20(19)2)33-42(38,39)24-13-14-27-26(18-24)29-25(15-16-34(29)30(35)40-31(3,4)5)28(32-27)21-8-11-23(12-9-21)41(6,36)37/h7-14,17-18,25,28-29,32-33H,15-16H2,1-6H3. The number of ether oxygens (including phenoxy) is 1. The molecule has 1 saturated heterocycles. The van der Waals surface area contributed by atoms with Gasteiger partial charge in [-0.2, -0.15) is 0 Å². The molecule has 3 atom stereocenters. The van der Waals surface area contributed by atoms with Crippen LogP contribution in [0.25, 0.3) is 0 Å². The summed E-state index contributed by atoms with van der Waals surface area (Å²) in [6.45, 7) is 9.75. The molecule has 0 bridgehead atoms. The van der Waals surface area contributed by atoms with Crippen molar-refractivity contribution in [3.63, 3.8) is 0 Å². The average Bonchev–Trinajstić information content (AvgIpc) is 3.34. The molecule has 11 heteroatoms. The van der Waals surface area contributed by atoms with Gasteiger partial charge in [0.2, 0.25) is 0 Å². The van der Waals surface area contributed by atoms with Crippen LogP contribution in [0.1, 0.15) is 61.5 Å². The van der Waals surface area contributed by atoms with Gasteiger partial charge < -0.3 is 15.0 Å². The Kier molecular flexibility index (Phi) is 7.55. The summed E-state index contributed by atoms with van der Waals surface area (Å²) in [4.78, 5) is 15.4. The van der Waals surface area contributed by atoms with Crippen molar-refractivity contribution in [2.75, 3.05) is 22.8 Å². The van der Waals surface area contributed by atoms with E-state index >= 15 is 0 Å². The largest absolute Gasteiger partial charge is 0.444 e. The number of hydrogen-bond acceptors (Lipinski definition) is 7. The van der Waals surface area contributed by atoms with E-state index in [0.29, 0.717) is 29.9 Å². The van der Waals surface area contributed by atoms with Gasteiger partial charge in [-0.15, -0.1) is 0 Å². The van der Waals surface area contributed by atoms with Crippen molar-refractivity contribution >= 4 is 37.3 Å². The molecule has 3 aromatic rings. The lowest BCUT2D eigenvalue weighted by Crippen LogP contribution is -2.40. The maximum absolute atomic E-state index is 13.5. The zero-order chi connectivity index (χ0) is 30.6. The molecule has 0 aromatic heterocycles. The van der Waals surface area contributed by atoms with Crippen molar-refractivity contribution in [2.45, 2.75) is 68.5 Å². The number of anilines is 2. The zero-order valence-electron chi connectivity index (χ0n) is 24.6. The molecule has 1 amide bonds. The molecule has 2 N–H and O–H groups in total. The number of amides is 1. The molecular formula is C31H37N3O6S2. The second-order valence-corrected chi connectivity index (χ2v) is 15.9. The van der Waals surface area contributed by atoms with Crippen LogP contribution < -0.4 is 10.0 Å². The lowest BCUT2D eigenvalue weighted by atomic mass is 9.80. The highest BCUT2D eigenvalue weighted by Crippen LogP contribution is 2.52. The van der Waals surface area contributed by atoms with E-state index in [0.717, 1.165) is 16.7 Å². The molecule has 9 nitrogen and oxygen atoms in total. The minimum atomic E-state index is -3.93. The molecule has 42 heavy (non-hydrogen) atoms. The first kappa shape index (κ1) is 29.9. The minimum absolute atomic E-state index is 0.0898. The van der Waals surface area contributed by atoms with Crippen LogP contribution in [0.4, 0.5) is 16.2 Å². The van der Waals surface area contributed by atoms with E-state index in [-0.39, 0.29) is 21.8 Å². The van der Waals surface area contributed by atoms with Gasteiger partial charge in [0.15, 0.2) is 9.84 Å². The number of sulfone groups is 1. The summed E-state index contributed by atoms with van der Waals surface area (Å²) >= 11 is 0. The first-order valence-corrected chi connectivity index (χ1v) is 17.2. The monoisotopic (exact) mass is 611 g/mol. The van der Waals surface area contributed by atoms with E-state index in [1.165, 1.54) is 6.26 Å². The summed E-state index contributed by atoms with van der Waals surface area (Å²) in [5, 5.41) is 3.55. The average molecular weight is 612 g/mol. The molecule has 2 heterocycles. The van der Waals surface area contributed by atoms with Gasteiger partial charge >= 0.3 is 6.09 Å². The van der Waals surface area contributed by atoms with E-state index < -0.39 is 37.6 Å². The van der Waals surface area contributed by atoms with Crippen molar-refractivity contribution in [1.29, 1.82) is 0 Å². The minimum Gasteiger partial charge on any atom is -0.444 e. The molecule has 2 aliphatic rings. The van der Waals surface area contributed by atoms with Crippen LogP contribution in [-0.2, 0) is 24.6 Å². The van der Waals surface area contributed by atoms with Crippen molar-refractivity contribution in [3.8, 4) is 0 Å². The molecule has 0 aliphatic carbocycles. The first-order valence-electron chi connectivity index (χ1n) is 13.8. The number of aryl methyl sites for hydroxylation is 2. The van der Waals surface area contributed by atoms with E-state index in [4.69, 9.17) is 4.74 Å². The molecule has 5 rings (SSSR count). The van der Waals surface area contributed by atoms with Crippen LogP contribution in [0.15, 0.2) is 70.5 Å². The predicted octanol–water partition coefficient (Wildman–Crippen LogP) is 5.97. The van der Waals surface area contributed by atoms with Crippen LogP contribution in [-0.4, -0.2) is 46.2 Å². The second kappa shape index (κ2) is 10.6. The summed E-state index contributed by atoms with van der Waals surface area (Å²) < 4.78 is 59.5. The molecular weight excluding hydrogens is 574 g/mol. The van der Waals surface area contributed by atoms with E-state index in [2.05, 4.69) is 10.0 Å². The number of rotatable bonds is 5. The van der Waals surface area contributed by atoms with Crippen LogP contribution in [0.2, 0.25) is 0 Å². The highest BCUT2D eigenvalue weighted by atomic mass is 32.2. The molecule has 0 spiro atoms. The van der Waals surface area contributed by atoms with E-state index in [1.54, 1.807) is 59.5 Å². The van der Waals surface area contributed by atoms with Crippen LogP contribution in [0, 0.1) is 19.8 Å². The van der Waals surface area contributed by atoms with Gasteiger partial charge in [0.05, 0.1) is 21.9 Å². The number of hydrogen-bond donors (Lipinski definition) is 2. The summed E-state index contributed by atoms with van der Waals surface area (Å²) in [6.07, 6.45) is 1.35. The molecule has 1 fully saturated rings. The topological polar surface area (TPSA) is 122 Å². The number of carbonyl (C=O) groups excluding carboxylic acids is 1. The highest BCUT2D eigenvalue weighted by Gasteiger charge is 2.47. The summed E-state index contributed by atoms with van der Waals surface area (Å²) in [5.74, 6) is -0.111. The maximum atomic E-state index is 13.5. The number of nitrogens with zero attached hydrogens (tertiary/aromatic N) is 1. The van der Waals surface area contributed by atoms with Crippen molar-refractivity contribution in [3.05, 3.63) is 82.9 Å². The maximum Gasteiger partial charge on any atom is 0.410 e. The third kappa shape index (κ3) is 5.98. The smallest absolute Gasteiger partial charge is 0.410 e. The fraction of sp³-hybridized carbons (Fsp3) is 0.387. The Balaban J connectivity index is 1.55. The van der Waals surface area contributed by atoms with Gasteiger partial charge in [-0.05, 0) is 106 Å². The summed E-state index contributed by atoms with van der Waals surface area (Å²) in [6, 6.07) is 16.4. The summed E-state index contributed by atoms with van der Waals surface area (Å²) in [7, 11) is -7.28. The van der Waals surface area contributed by atoms with E-state index in [1.807, 2.05) is 40.7 Å². The molecule has 2 aliphatic heterocycles. The number of likely N-dealkylation sites (tertiary alicyclic amines) is 1. The predicted molar refractivity (Wildman–Crippen MR) is 163 cm³/mol. The Morgan fingerprint density at radius 2 is 1.60 bits per heavy atom. The van der Waals surface area contributed by atoms with E-state index in [9.17, 15) is 21.6 Å². The highest BCUT2D eigenvalue weighted by molar-refractivity contribution is 7.92. The SMILES string of the molecule is Cc1ccc(NS(=O)(=O)c2ccc3c(c2)C2C(CCN2C(=O)OC(C)(C)C)C(c2ccc(S(C)(=O)=O)cc2)N3)cc1C. The Bertz CT molecular complexity index is 1750. The van der Waals surface area contributed by atoms with Gasteiger partial charge in [-0.3, -0.25) is 4.72 Å². The normalized spacial score (nSPS) is 20.3. The molecule has 3 aromatic carbocycles. The van der Waals surface area contributed by atoms with Crippen LogP contribution >= 0.6 is 0 Å². The molecule has 224 valence electrons. The fourth-order valence-corrected chi connectivity index (χ4v) is 7.43. The fourth-order valence-electron chi connectivity index (χ4n) is 5.72. The quantitative estimate of drug-likeness (QED) is 0.364. The number of carbonyl (C=O) groups is 1. The number of nitrogens with one attached hydrogen (secondary N) is 2. The lowest BCUT2D eigenvalue weighted by Gasteiger charge is -2.40. The van der Waals surface area contributed by atoms with Crippen LogP contribution in [0.5, 0.6) is 0 Å².